The van der Waals surface area contributed by atoms with Gasteiger partial charge in [-0.05, 0) is 18.6 Å². The Kier molecular flexibility index (Phi) is 5.30. The van der Waals surface area contributed by atoms with Crippen molar-refractivity contribution < 1.29 is 22.7 Å². The van der Waals surface area contributed by atoms with Crippen molar-refractivity contribution in [1.29, 1.82) is 0 Å². The monoisotopic (exact) mass is 356 g/mol. The van der Waals surface area contributed by atoms with Crippen LogP contribution in [0.2, 0.25) is 0 Å². The minimum absolute atomic E-state index is 0.0132. The smallest absolute Gasteiger partial charge is 0.471 e. The van der Waals surface area contributed by atoms with Crippen LogP contribution in [0.3, 0.4) is 0 Å². The van der Waals surface area contributed by atoms with Crippen molar-refractivity contribution in [1.82, 2.24) is 9.97 Å². The lowest BCUT2D eigenvalue weighted by molar-refractivity contribution is -0.167. The average Bonchev–Trinajstić information content (AvgIpc) is 2.55. The van der Waals surface area contributed by atoms with Gasteiger partial charge in [0.1, 0.15) is 17.3 Å². The van der Waals surface area contributed by atoms with Gasteiger partial charge in [-0.15, -0.1) is 0 Å². The predicted molar refractivity (Wildman–Crippen MR) is 85.2 cm³/mol. The molecule has 0 spiro atoms. The summed E-state index contributed by atoms with van der Waals surface area (Å²) in [6.07, 6.45) is -4.40. The first-order valence-electron chi connectivity index (χ1n) is 7.24. The normalized spacial score (nSPS) is 11.2. The van der Waals surface area contributed by atoms with Crippen molar-refractivity contribution in [2.24, 2.45) is 0 Å². The standard InChI is InChI=1S/C15H15F3N4O3/c1-2-7-25-9-6-4-3-5-8(9)12-21-11(19)10(13(23)22-12)20-14(24)15(16,17)18/h3-6H,2,7H2,1H3,(H,20,24)(H3,19,21,22,23). The van der Waals surface area contributed by atoms with Crippen molar-refractivity contribution in [2.45, 2.75) is 19.5 Å². The molecule has 1 aromatic carbocycles. The highest BCUT2D eigenvalue weighted by molar-refractivity contribution is 5.96. The fraction of sp³-hybridized carbons (Fsp3) is 0.267. The zero-order chi connectivity index (χ0) is 18.6. The van der Waals surface area contributed by atoms with Crippen LogP contribution in [0.1, 0.15) is 13.3 Å². The lowest BCUT2D eigenvalue weighted by atomic mass is 10.2. The van der Waals surface area contributed by atoms with E-state index in [2.05, 4.69) is 9.97 Å². The molecular formula is C15H15F3N4O3. The predicted octanol–water partition coefficient (Wildman–Crippen LogP) is 2.31. The van der Waals surface area contributed by atoms with Crippen LogP contribution in [0, 0.1) is 0 Å². The van der Waals surface area contributed by atoms with E-state index in [1.54, 1.807) is 24.3 Å². The zero-order valence-corrected chi connectivity index (χ0v) is 13.1. The number of H-pyrrole nitrogens is 1. The van der Waals surface area contributed by atoms with Crippen molar-refractivity contribution in [3.8, 4) is 17.1 Å². The Hall–Kier alpha value is -3.04. The summed E-state index contributed by atoms with van der Waals surface area (Å²) in [5.74, 6) is -2.41. The first kappa shape index (κ1) is 18.3. The van der Waals surface area contributed by atoms with Gasteiger partial charge in [-0.2, -0.15) is 13.2 Å². The number of nitrogen functional groups attached to an aromatic ring is 1. The number of nitrogens with two attached hydrogens (primary N) is 1. The topological polar surface area (TPSA) is 110 Å². The molecule has 0 aliphatic heterocycles. The van der Waals surface area contributed by atoms with Crippen molar-refractivity contribution in [2.75, 3.05) is 17.7 Å². The summed E-state index contributed by atoms with van der Waals surface area (Å²) < 4.78 is 42.5. The molecule has 2 aromatic rings. The number of carbonyl (C=O) groups is 1. The van der Waals surface area contributed by atoms with Crippen molar-refractivity contribution >= 4 is 17.4 Å². The number of rotatable bonds is 5. The number of anilines is 2. The van der Waals surface area contributed by atoms with Gasteiger partial charge in [0.15, 0.2) is 5.82 Å². The Labute approximate surface area is 140 Å². The van der Waals surface area contributed by atoms with Crippen LogP contribution in [0.15, 0.2) is 29.1 Å². The Morgan fingerprint density at radius 2 is 2.04 bits per heavy atom. The van der Waals surface area contributed by atoms with Gasteiger partial charge in [0.25, 0.3) is 5.56 Å². The van der Waals surface area contributed by atoms with Gasteiger partial charge < -0.3 is 20.8 Å². The molecule has 0 saturated heterocycles. The fourth-order valence-corrected chi connectivity index (χ4v) is 1.92. The molecule has 0 radical (unpaired) electrons. The molecule has 25 heavy (non-hydrogen) atoms. The first-order valence-corrected chi connectivity index (χ1v) is 7.24. The Bertz CT molecular complexity index is 834. The SMILES string of the molecule is CCCOc1ccccc1-c1nc(N)c(NC(=O)C(F)(F)F)c(=O)[nH]1. The Morgan fingerprint density at radius 3 is 2.64 bits per heavy atom. The number of ether oxygens (including phenoxy) is 1. The number of nitrogens with zero attached hydrogens (tertiary/aromatic N) is 1. The summed E-state index contributed by atoms with van der Waals surface area (Å²) in [5, 5.41) is 1.42. The first-order chi connectivity index (χ1) is 11.7. The molecule has 7 nitrogen and oxygen atoms in total. The van der Waals surface area contributed by atoms with E-state index in [0.29, 0.717) is 17.9 Å². The maximum atomic E-state index is 12.3. The molecule has 0 aliphatic carbocycles. The zero-order valence-electron chi connectivity index (χ0n) is 13.1. The van der Waals surface area contributed by atoms with Gasteiger partial charge in [0.2, 0.25) is 0 Å². The minimum Gasteiger partial charge on any atom is -0.493 e. The van der Waals surface area contributed by atoms with Crippen LogP contribution in [0.5, 0.6) is 5.75 Å². The number of carbonyl (C=O) groups excluding carboxylic acids is 1. The second kappa shape index (κ2) is 7.24. The number of hydrogen-bond acceptors (Lipinski definition) is 5. The van der Waals surface area contributed by atoms with E-state index < -0.39 is 29.1 Å². The molecule has 0 atom stereocenters. The number of aromatic amines is 1. The van der Waals surface area contributed by atoms with Crippen LogP contribution < -0.4 is 21.3 Å². The highest BCUT2D eigenvalue weighted by Crippen LogP contribution is 2.28. The molecule has 0 saturated carbocycles. The van der Waals surface area contributed by atoms with E-state index in [4.69, 9.17) is 10.5 Å². The molecule has 1 aromatic heterocycles. The Balaban J connectivity index is 2.41. The van der Waals surface area contributed by atoms with Crippen LogP contribution in [-0.2, 0) is 4.79 Å². The molecular weight excluding hydrogens is 341 g/mol. The highest BCUT2D eigenvalue weighted by Gasteiger charge is 2.39. The van der Waals surface area contributed by atoms with Crippen LogP contribution in [0.25, 0.3) is 11.4 Å². The maximum Gasteiger partial charge on any atom is 0.471 e. The third-order valence-electron chi connectivity index (χ3n) is 3.05. The number of hydrogen-bond donors (Lipinski definition) is 3. The molecule has 0 fully saturated rings. The number of nitrogens with one attached hydrogen (secondary N) is 2. The maximum absolute atomic E-state index is 12.3. The summed E-state index contributed by atoms with van der Waals surface area (Å²) in [6.45, 7) is 2.34. The van der Waals surface area contributed by atoms with Crippen LogP contribution in [-0.4, -0.2) is 28.7 Å². The molecule has 1 amide bonds. The molecule has 134 valence electrons. The number of alkyl halides is 3. The summed E-state index contributed by atoms with van der Waals surface area (Å²) in [6, 6.07) is 6.65. The third kappa shape index (κ3) is 4.28. The summed E-state index contributed by atoms with van der Waals surface area (Å²) in [7, 11) is 0. The largest absolute Gasteiger partial charge is 0.493 e. The molecule has 0 aliphatic rings. The highest BCUT2D eigenvalue weighted by atomic mass is 19.4. The van der Waals surface area contributed by atoms with Crippen molar-refractivity contribution in [3.63, 3.8) is 0 Å². The molecule has 4 N–H and O–H groups in total. The van der Waals surface area contributed by atoms with E-state index in [-0.39, 0.29) is 5.82 Å². The van der Waals surface area contributed by atoms with Gasteiger partial charge in [-0.25, -0.2) is 4.98 Å². The van der Waals surface area contributed by atoms with Gasteiger partial charge >= 0.3 is 12.1 Å². The van der Waals surface area contributed by atoms with Crippen LogP contribution >= 0.6 is 0 Å². The van der Waals surface area contributed by atoms with Gasteiger partial charge in [0.05, 0.1) is 12.2 Å². The third-order valence-corrected chi connectivity index (χ3v) is 3.05. The lowest BCUT2D eigenvalue weighted by Crippen LogP contribution is -2.33. The number of amides is 1. The number of benzene rings is 1. The summed E-state index contributed by atoms with van der Waals surface area (Å²) in [5.41, 5.74) is 4.18. The second-order valence-corrected chi connectivity index (χ2v) is 4.97. The van der Waals surface area contributed by atoms with E-state index in [1.807, 2.05) is 6.92 Å². The average molecular weight is 356 g/mol. The van der Waals surface area contributed by atoms with Crippen LogP contribution in [0.4, 0.5) is 24.7 Å². The minimum atomic E-state index is -5.15. The second-order valence-electron chi connectivity index (χ2n) is 4.97. The number of para-hydroxylation sites is 1. The Morgan fingerprint density at radius 1 is 1.36 bits per heavy atom. The number of halogens is 3. The molecule has 10 heteroatoms. The molecule has 1 heterocycles. The number of aromatic nitrogens is 2. The molecule has 0 bridgehead atoms. The molecule has 0 unspecified atom stereocenters. The van der Waals surface area contributed by atoms with E-state index in [1.165, 1.54) is 5.32 Å². The summed E-state index contributed by atoms with van der Waals surface area (Å²) >= 11 is 0. The van der Waals surface area contributed by atoms with Gasteiger partial charge in [-0.3, -0.25) is 9.59 Å². The van der Waals surface area contributed by atoms with Crippen molar-refractivity contribution in [3.05, 3.63) is 34.6 Å². The summed E-state index contributed by atoms with van der Waals surface area (Å²) in [4.78, 5) is 29.2. The van der Waals surface area contributed by atoms with Gasteiger partial charge in [-0.1, -0.05) is 19.1 Å². The lowest BCUT2D eigenvalue weighted by Gasteiger charge is -2.12. The molecule has 2 rings (SSSR count). The fourth-order valence-electron chi connectivity index (χ4n) is 1.92. The van der Waals surface area contributed by atoms with E-state index >= 15 is 0 Å². The van der Waals surface area contributed by atoms with Gasteiger partial charge in [0, 0.05) is 0 Å². The quantitative estimate of drug-likeness (QED) is 0.761. The van der Waals surface area contributed by atoms with E-state index in [0.717, 1.165) is 6.42 Å². The van der Waals surface area contributed by atoms with E-state index in [9.17, 15) is 22.8 Å².